The molecule has 0 fully saturated rings. The van der Waals surface area contributed by atoms with Gasteiger partial charge in [0.15, 0.2) is 0 Å². The van der Waals surface area contributed by atoms with Crippen molar-refractivity contribution < 1.29 is 4.79 Å². The number of hydrogen-bond donors (Lipinski definition) is 1. The van der Waals surface area contributed by atoms with Crippen LogP contribution in [0.4, 0.5) is 5.69 Å². The number of hydrogen-bond acceptors (Lipinski definition) is 3. The van der Waals surface area contributed by atoms with Crippen LogP contribution in [0.15, 0.2) is 18.2 Å². The summed E-state index contributed by atoms with van der Waals surface area (Å²) in [5, 5.41) is 3.35. The average Bonchev–Trinajstić information content (AvgIpc) is 2.66. The van der Waals surface area contributed by atoms with Crippen LogP contribution in [-0.2, 0) is 11.2 Å². The Morgan fingerprint density at radius 2 is 2.28 bits per heavy atom. The summed E-state index contributed by atoms with van der Waals surface area (Å²) in [7, 11) is 3.84. The molecule has 1 N–H and O–H groups in total. The second kappa shape index (κ2) is 5.76. The van der Waals surface area contributed by atoms with Crippen molar-refractivity contribution in [3.05, 3.63) is 29.3 Å². The highest BCUT2D eigenvalue weighted by atomic mass is 32.2. The van der Waals surface area contributed by atoms with Crippen molar-refractivity contribution in [2.45, 2.75) is 18.9 Å². The van der Waals surface area contributed by atoms with E-state index in [-0.39, 0.29) is 5.91 Å². The van der Waals surface area contributed by atoms with Crippen molar-refractivity contribution in [2.75, 3.05) is 31.0 Å². The fourth-order valence-corrected chi connectivity index (χ4v) is 2.89. The summed E-state index contributed by atoms with van der Waals surface area (Å²) < 4.78 is 0. The molecule has 0 spiro atoms. The number of rotatable bonds is 5. The lowest BCUT2D eigenvalue weighted by Gasteiger charge is -2.17. The topological polar surface area (TPSA) is 32.3 Å². The van der Waals surface area contributed by atoms with Crippen LogP contribution < -0.4 is 10.2 Å². The molecule has 2 rings (SSSR count). The third-order valence-electron chi connectivity index (χ3n) is 3.54. The quantitative estimate of drug-likeness (QED) is 0.885. The second-order valence-corrected chi connectivity index (χ2v) is 5.63. The van der Waals surface area contributed by atoms with Gasteiger partial charge in [-0.2, -0.15) is 11.8 Å². The van der Waals surface area contributed by atoms with Crippen molar-refractivity contribution in [1.82, 2.24) is 5.32 Å². The van der Waals surface area contributed by atoms with Gasteiger partial charge in [-0.15, -0.1) is 0 Å². The van der Waals surface area contributed by atoms with E-state index in [1.54, 1.807) is 4.90 Å². The number of carbonyl (C=O) groups excluding carboxylic acids is 1. The van der Waals surface area contributed by atoms with Gasteiger partial charge in [-0.25, -0.2) is 0 Å². The Hall–Kier alpha value is -1.00. The molecule has 0 aromatic heterocycles. The van der Waals surface area contributed by atoms with Gasteiger partial charge in [-0.3, -0.25) is 4.79 Å². The van der Waals surface area contributed by atoms with E-state index in [0.717, 1.165) is 23.4 Å². The highest BCUT2D eigenvalue weighted by molar-refractivity contribution is 7.98. The molecule has 0 saturated heterocycles. The normalized spacial score (nSPS) is 15.9. The second-order valence-electron chi connectivity index (χ2n) is 4.64. The van der Waals surface area contributed by atoms with E-state index in [9.17, 15) is 4.79 Å². The first-order valence-corrected chi connectivity index (χ1v) is 7.62. The van der Waals surface area contributed by atoms with Gasteiger partial charge >= 0.3 is 0 Å². The van der Waals surface area contributed by atoms with E-state index in [4.69, 9.17) is 0 Å². The fourth-order valence-electron chi connectivity index (χ4n) is 2.42. The van der Waals surface area contributed by atoms with Crippen LogP contribution >= 0.6 is 11.8 Å². The number of likely N-dealkylation sites (N-methyl/N-ethyl adjacent to an activating group) is 1. The first-order valence-electron chi connectivity index (χ1n) is 6.23. The van der Waals surface area contributed by atoms with Crippen molar-refractivity contribution in [1.29, 1.82) is 0 Å². The number of benzene rings is 1. The van der Waals surface area contributed by atoms with Crippen LogP contribution in [0.3, 0.4) is 0 Å². The predicted molar refractivity (Wildman–Crippen MR) is 78.4 cm³/mol. The molecular formula is C14H20N2OS. The van der Waals surface area contributed by atoms with Crippen molar-refractivity contribution in [2.24, 2.45) is 0 Å². The minimum absolute atomic E-state index is 0.187. The minimum Gasteiger partial charge on any atom is -0.315 e. The molecule has 0 saturated carbocycles. The van der Waals surface area contributed by atoms with Crippen molar-refractivity contribution >= 4 is 23.4 Å². The van der Waals surface area contributed by atoms with Crippen LogP contribution in [0.25, 0.3) is 0 Å². The standard InChI is InChI=1S/C14H20N2OS/c1-15-12(6-7-18-3)10-4-5-13-11(8-10)9-14(17)16(13)2/h4-5,8,12,15H,6-7,9H2,1-3H3. The van der Waals surface area contributed by atoms with Gasteiger partial charge in [0, 0.05) is 18.8 Å². The summed E-state index contributed by atoms with van der Waals surface area (Å²) in [4.78, 5) is 13.4. The van der Waals surface area contributed by atoms with Crippen LogP contribution in [0.5, 0.6) is 0 Å². The van der Waals surface area contributed by atoms with Crippen molar-refractivity contribution in [3.8, 4) is 0 Å². The van der Waals surface area contributed by atoms with Gasteiger partial charge in [-0.05, 0) is 42.7 Å². The lowest BCUT2D eigenvalue weighted by atomic mass is 10.0. The van der Waals surface area contributed by atoms with Crippen LogP contribution in [0.2, 0.25) is 0 Å². The summed E-state index contributed by atoms with van der Waals surface area (Å²) in [5.74, 6) is 1.33. The third kappa shape index (κ3) is 2.54. The molecule has 1 aromatic carbocycles. The monoisotopic (exact) mass is 264 g/mol. The maximum Gasteiger partial charge on any atom is 0.231 e. The van der Waals surface area contributed by atoms with E-state index in [0.29, 0.717) is 12.5 Å². The minimum atomic E-state index is 0.187. The zero-order chi connectivity index (χ0) is 13.1. The lowest BCUT2D eigenvalue weighted by molar-refractivity contribution is -0.117. The number of nitrogens with zero attached hydrogens (tertiary/aromatic N) is 1. The molecule has 4 heteroatoms. The molecule has 3 nitrogen and oxygen atoms in total. The Labute approximate surface area is 113 Å². The first-order chi connectivity index (χ1) is 8.67. The van der Waals surface area contributed by atoms with Gasteiger partial charge in [0.2, 0.25) is 5.91 Å². The Bertz CT molecular complexity index is 447. The van der Waals surface area contributed by atoms with E-state index in [1.165, 1.54) is 5.56 Å². The van der Waals surface area contributed by atoms with Crippen LogP contribution in [-0.4, -0.2) is 32.0 Å². The smallest absolute Gasteiger partial charge is 0.231 e. The summed E-state index contributed by atoms with van der Waals surface area (Å²) in [6, 6.07) is 6.76. The number of amides is 1. The van der Waals surface area contributed by atoms with Gasteiger partial charge in [-0.1, -0.05) is 12.1 Å². The molecule has 98 valence electrons. The summed E-state index contributed by atoms with van der Waals surface area (Å²) in [6.07, 6.45) is 3.78. The molecule has 1 aliphatic rings. The zero-order valence-corrected chi connectivity index (χ0v) is 12.0. The largest absolute Gasteiger partial charge is 0.315 e. The van der Waals surface area contributed by atoms with Crippen molar-refractivity contribution in [3.63, 3.8) is 0 Å². The van der Waals surface area contributed by atoms with E-state index in [1.807, 2.05) is 25.9 Å². The Morgan fingerprint density at radius 3 is 2.94 bits per heavy atom. The highest BCUT2D eigenvalue weighted by Gasteiger charge is 2.24. The van der Waals surface area contributed by atoms with Gasteiger partial charge in [0.25, 0.3) is 0 Å². The van der Waals surface area contributed by atoms with Crippen LogP contribution in [0, 0.1) is 0 Å². The maximum absolute atomic E-state index is 11.7. The third-order valence-corrected chi connectivity index (χ3v) is 4.19. The molecule has 0 bridgehead atoms. The molecule has 1 amide bonds. The molecule has 0 radical (unpaired) electrons. The molecule has 18 heavy (non-hydrogen) atoms. The average molecular weight is 264 g/mol. The van der Waals surface area contributed by atoms with Gasteiger partial charge in [0.05, 0.1) is 6.42 Å². The predicted octanol–water partition coefficient (Wildman–Crippen LogP) is 2.22. The number of carbonyl (C=O) groups is 1. The van der Waals surface area contributed by atoms with Crippen LogP contribution in [0.1, 0.15) is 23.6 Å². The van der Waals surface area contributed by atoms with Gasteiger partial charge in [0.1, 0.15) is 0 Å². The number of anilines is 1. The highest BCUT2D eigenvalue weighted by Crippen LogP contribution is 2.31. The zero-order valence-electron chi connectivity index (χ0n) is 11.2. The first kappa shape index (κ1) is 13.4. The Balaban J connectivity index is 2.21. The molecule has 1 heterocycles. The summed E-state index contributed by atoms with van der Waals surface area (Å²) in [6.45, 7) is 0. The number of thioether (sulfide) groups is 1. The molecule has 1 unspecified atom stereocenters. The van der Waals surface area contributed by atoms with Gasteiger partial charge < -0.3 is 10.2 Å². The summed E-state index contributed by atoms with van der Waals surface area (Å²) >= 11 is 1.86. The summed E-state index contributed by atoms with van der Waals surface area (Å²) in [5.41, 5.74) is 3.50. The maximum atomic E-state index is 11.7. The Kier molecular flexibility index (Phi) is 4.30. The molecule has 1 aliphatic heterocycles. The van der Waals surface area contributed by atoms with E-state index < -0.39 is 0 Å². The Morgan fingerprint density at radius 1 is 1.50 bits per heavy atom. The molecule has 0 aliphatic carbocycles. The number of fused-ring (bicyclic) bond motifs is 1. The SMILES string of the molecule is CNC(CCSC)c1ccc2c(c1)CC(=O)N2C. The molecule has 1 aromatic rings. The lowest BCUT2D eigenvalue weighted by Crippen LogP contribution is -2.20. The number of nitrogens with one attached hydrogen (secondary N) is 1. The van der Waals surface area contributed by atoms with E-state index in [2.05, 4.69) is 29.8 Å². The van der Waals surface area contributed by atoms with E-state index >= 15 is 0 Å². The fraction of sp³-hybridized carbons (Fsp3) is 0.500. The molecule has 1 atom stereocenters. The molecular weight excluding hydrogens is 244 g/mol.